The number of ether oxygens (including phenoxy) is 1. The SMILES string of the molecule is COc1cc(C(F)(F)F)ccc1-c1ccc(Cl)c(Cl)c1Cl. The predicted molar refractivity (Wildman–Crippen MR) is 78.5 cm³/mol. The lowest BCUT2D eigenvalue weighted by Gasteiger charge is -2.14. The van der Waals surface area contributed by atoms with Gasteiger partial charge in [0.15, 0.2) is 0 Å². The first kappa shape index (κ1) is 16.3. The Kier molecular flexibility index (Phi) is 4.61. The number of rotatable bonds is 2. The molecular weight excluding hydrogens is 348 g/mol. The molecule has 112 valence electrons. The molecule has 0 unspecified atom stereocenters. The van der Waals surface area contributed by atoms with Gasteiger partial charge in [0.1, 0.15) is 5.75 Å². The van der Waals surface area contributed by atoms with E-state index >= 15 is 0 Å². The van der Waals surface area contributed by atoms with Crippen molar-refractivity contribution in [2.75, 3.05) is 7.11 Å². The number of hydrogen-bond acceptors (Lipinski definition) is 1. The average molecular weight is 356 g/mol. The van der Waals surface area contributed by atoms with Crippen molar-refractivity contribution < 1.29 is 17.9 Å². The fourth-order valence-corrected chi connectivity index (χ4v) is 2.46. The molecule has 0 bridgehead atoms. The van der Waals surface area contributed by atoms with Crippen LogP contribution in [0.3, 0.4) is 0 Å². The maximum Gasteiger partial charge on any atom is 0.416 e. The van der Waals surface area contributed by atoms with E-state index in [4.69, 9.17) is 39.5 Å². The zero-order chi connectivity index (χ0) is 15.8. The third-order valence-corrected chi connectivity index (χ3v) is 4.15. The first-order valence-electron chi connectivity index (χ1n) is 5.64. The number of hydrogen-bond donors (Lipinski definition) is 0. The van der Waals surface area contributed by atoms with E-state index in [2.05, 4.69) is 0 Å². The first-order chi connectivity index (χ1) is 9.75. The lowest BCUT2D eigenvalue weighted by molar-refractivity contribution is -0.137. The van der Waals surface area contributed by atoms with Crippen LogP contribution >= 0.6 is 34.8 Å². The molecule has 0 spiro atoms. The van der Waals surface area contributed by atoms with Crippen molar-refractivity contribution >= 4 is 34.8 Å². The van der Waals surface area contributed by atoms with Gasteiger partial charge in [-0.1, -0.05) is 40.9 Å². The molecule has 0 aliphatic rings. The van der Waals surface area contributed by atoms with Crippen LogP contribution in [0.1, 0.15) is 5.56 Å². The highest BCUT2D eigenvalue weighted by Crippen LogP contribution is 2.43. The molecule has 0 N–H and O–H groups in total. The Hall–Kier alpha value is -1.10. The van der Waals surface area contributed by atoms with E-state index in [-0.39, 0.29) is 20.8 Å². The molecule has 21 heavy (non-hydrogen) atoms. The Balaban J connectivity index is 2.63. The molecule has 0 atom stereocenters. The summed E-state index contributed by atoms with van der Waals surface area (Å²) in [5.41, 5.74) is 0.0324. The second-order valence-electron chi connectivity index (χ2n) is 4.14. The Morgan fingerprint density at radius 1 is 0.905 bits per heavy atom. The van der Waals surface area contributed by atoms with Crippen molar-refractivity contribution in [3.8, 4) is 16.9 Å². The van der Waals surface area contributed by atoms with Crippen LogP contribution in [0.15, 0.2) is 30.3 Å². The summed E-state index contributed by atoms with van der Waals surface area (Å²) in [5.74, 6) is 0.0464. The topological polar surface area (TPSA) is 9.23 Å². The molecule has 2 rings (SSSR count). The van der Waals surface area contributed by atoms with E-state index < -0.39 is 11.7 Å². The highest BCUT2D eigenvalue weighted by Gasteiger charge is 2.31. The largest absolute Gasteiger partial charge is 0.496 e. The molecule has 0 fully saturated rings. The minimum Gasteiger partial charge on any atom is -0.496 e. The maximum absolute atomic E-state index is 12.7. The van der Waals surface area contributed by atoms with Crippen molar-refractivity contribution in [2.45, 2.75) is 6.18 Å². The van der Waals surface area contributed by atoms with E-state index in [0.29, 0.717) is 11.1 Å². The molecule has 1 nitrogen and oxygen atoms in total. The summed E-state index contributed by atoms with van der Waals surface area (Å²) in [6.45, 7) is 0. The molecule has 0 aliphatic carbocycles. The van der Waals surface area contributed by atoms with Gasteiger partial charge in [-0.25, -0.2) is 0 Å². The van der Waals surface area contributed by atoms with Crippen molar-refractivity contribution in [3.63, 3.8) is 0 Å². The first-order valence-corrected chi connectivity index (χ1v) is 6.78. The Bertz CT molecular complexity index is 684. The van der Waals surface area contributed by atoms with Crippen LogP contribution in [0, 0.1) is 0 Å². The predicted octanol–water partition coefficient (Wildman–Crippen LogP) is 6.34. The van der Waals surface area contributed by atoms with Gasteiger partial charge in [-0.15, -0.1) is 0 Å². The van der Waals surface area contributed by atoms with Gasteiger partial charge in [0.2, 0.25) is 0 Å². The molecule has 0 heterocycles. The third-order valence-electron chi connectivity index (χ3n) is 2.85. The highest BCUT2D eigenvalue weighted by atomic mass is 35.5. The van der Waals surface area contributed by atoms with Gasteiger partial charge < -0.3 is 4.74 Å². The van der Waals surface area contributed by atoms with E-state index in [1.165, 1.54) is 19.2 Å². The van der Waals surface area contributed by atoms with Gasteiger partial charge in [-0.05, 0) is 24.3 Å². The summed E-state index contributed by atoms with van der Waals surface area (Å²) >= 11 is 17.9. The molecule has 0 aromatic heterocycles. The molecule has 0 amide bonds. The Morgan fingerprint density at radius 3 is 2.10 bits per heavy atom. The average Bonchev–Trinajstić information content (AvgIpc) is 2.43. The summed E-state index contributed by atoms with van der Waals surface area (Å²) in [4.78, 5) is 0. The quantitative estimate of drug-likeness (QED) is 0.571. The second kappa shape index (κ2) is 5.95. The maximum atomic E-state index is 12.7. The summed E-state index contributed by atoms with van der Waals surface area (Å²) in [6.07, 6.45) is -4.45. The Labute approximate surface area is 134 Å². The zero-order valence-electron chi connectivity index (χ0n) is 10.6. The molecule has 0 radical (unpaired) electrons. The fraction of sp³-hybridized carbons (Fsp3) is 0.143. The molecule has 2 aromatic carbocycles. The molecular formula is C14H8Cl3F3O. The molecule has 0 saturated carbocycles. The van der Waals surface area contributed by atoms with Gasteiger partial charge in [-0.3, -0.25) is 0 Å². The molecule has 2 aromatic rings. The van der Waals surface area contributed by atoms with Gasteiger partial charge in [0, 0.05) is 11.1 Å². The van der Waals surface area contributed by atoms with Crippen LogP contribution < -0.4 is 4.74 Å². The lowest BCUT2D eigenvalue weighted by Crippen LogP contribution is -2.05. The smallest absolute Gasteiger partial charge is 0.416 e. The van der Waals surface area contributed by atoms with E-state index in [0.717, 1.165) is 12.1 Å². The number of methoxy groups -OCH3 is 1. The van der Waals surface area contributed by atoms with E-state index in [9.17, 15) is 13.2 Å². The van der Waals surface area contributed by atoms with Crippen molar-refractivity contribution in [3.05, 3.63) is 51.0 Å². The molecule has 0 aliphatic heterocycles. The van der Waals surface area contributed by atoms with Crippen LogP contribution in [0.25, 0.3) is 11.1 Å². The standard InChI is InChI=1S/C14H8Cl3F3O/c1-21-11-6-7(14(18,19)20)2-3-8(11)9-4-5-10(15)13(17)12(9)16/h2-6H,1H3. The minimum absolute atomic E-state index is 0.0464. The lowest BCUT2D eigenvalue weighted by atomic mass is 10.0. The monoisotopic (exact) mass is 354 g/mol. The normalized spacial score (nSPS) is 11.6. The number of benzene rings is 2. The summed E-state index contributed by atoms with van der Waals surface area (Å²) in [6, 6.07) is 6.24. The van der Waals surface area contributed by atoms with Gasteiger partial charge in [0.05, 0.1) is 27.7 Å². The van der Waals surface area contributed by atoms with Crippen molar-refractivity contribution in [1.29, 1.82) is 0 Å². The van der Waals surface area contributed by atoms with Gasteiger partial charge >= 0.3 is 6.18 Å². The summed E-state index contributed by atoms with van der Waals surface area (Å²) < 4.78 is 43.2. The van der Waals surface area contributed by atoms with Crippen molar-refractivity contribution in [2.24, 2.45) is 0 Å². The molecule has 7 heteroatoms. The van der Waals surface area contributed by atoms with Crippen LogP contribution in [-0.4, -0.2) is 7.11 Å². The van der Waals surface area contributed by atoms with Crippen LogP contribution in [-0.2, 0) is 6.18 Å². The van der Waals surface area contributed by atoms with Gasteiger partial charge in [0.25, 0.3) is 0 Å². The summed E-state index contributed by atoms with van der Waals surface area (Å²) in [5, 5.41) is 0.552. The third kappa shape index (κ3) is 3.23. The molecule has 0 saturated heterocycles. The summed E-state index contributed by atoms with van der Waals surface area (Å²) in [7, 11) is 1.28. The van der Waals surface area contributed by atoms with Crippen molar-refractivity contribution in [1.82, 2.24) is 0 Å². The Morgan fingerprint density at radius 2 is 1.52 bits per heavy atom. The van der Waals surface area contributed by atoms with Gasteiger partial charge in [-0.2, -0.15) is 13.2 Å². The minimum atomic E-state index is -4.45. The number of alkyl halides is 3. The highest BCUT2D eigenvalue weighted by molar-refractivity contribution is 6.49. The van der Waals surface area contributed by atoms with Crippen LogP contribution in [0.5, 0.6) is 5.75 Å². The second-order valence-corrected chi connectivity index (χ2v) is 5.30. The van der Waals surface area contributed by atoms with Crippen LogP contribution in [0.4, 0.5) is 13.2 Å². The fourth-order valence-electron chi connectivity index (χ4n) is 1.82. The van der Waals surface area contributed by atoms with E-state index in [1.807, 2.05) is 0 Å². The zero-order valence-corrected chi connectivity index (χ0v) is 12.8. The van der Waals surface area contributed by atoms with E-state index in [1.54, 1.807) is 6.07 Å². The van der Waals surface area contributed by atoms with Crippen LogP contribution in [0.2, 0.25) is 15.1 Å². The number of halogens is 6.